The first-order chi connectivity index (χ1) is 16.4. The van der Waals surface area contributed by atoms with Crippen LogP contribution in [0.15, 0.2) is 82.0 Å². The highest BCUT2D eigenvalue weighted by molar-refractivity contribution is 5.93. The summed E-state index contributed by atoms with van der Waals surface area (Å²) in [5.74, 6) is 0.642. The predicted octanol–water partition coefficient (Wildman–Crippen LogP) is 4.44. The molecule has 3 aromatic carbocycles. The Morgan fingerprint density at radius 1 is 0.853 bits per heavy atom. The summed E-state index contributed by atoms with van der Waals surface area (Å²) in [4.78, 5) is 35.7. The molecule has 0 aliphatic rings. The Morgan fingerprint density at radius 3 is 2.15 bits per heavy atom. The van der Waals surface area contributed by atoms with Gasteiger partial charge >= 0.3 is 5.63 Å². The van der Waals surface area contributed by atoms with Crippen molar-refractivity contribution in [2.45, 2.75) is 6.92 Å². The number of carbonyl (C=O) groups excluding carboxylic acids is 2. The molecule has 2 N–H and O–H groups in total. The molecule has 0 aliphatic carbocycles. The van der Waals surface area contributed by atoms with Crippen molar-refractivity contribution < 1.29 is 23.5 Å². The van der Waals surface area contributed by atoms with Crippen LogP contribution < -0.4 is 25.7 Å². The number of hydrogen-bond acceptors (Lipinski definition) is 6. The van der Waals surface area contributed by atoms with Crippen molar-refractivity contribution >= 4 is 34.2 Å². The molecule has 34 heavy (non-hydrogen) atoms. The van der Waals surface area contributed by atoms with E-state index < -0.39 is 5.63 Å². The number of benzene rings is 3. The van der Waals surface area contributed by atoms with Gasteiger partial charge in [0.1, 0.15) is 17.1 Å². The highest BCUT2D eigenvalue weighted by atomic mass is 16.5. The van der Waals surface area contributed by atoms with Crippen molar-refractivity contribution in [3.8, 4) is 22.6 Å². The zero-order valence-corrected chi connectivity index (χ0v) is 18.6. The van der Waals surface area contributed by atoms with Gasteiger partial charge in [0.25, 0.3) is 5.91 Å². The summed E-state index contributed by atoms with van der Waals surface area (Å²) in [7, 11) is 1.57. The van der Waals surface area contributed by atoms with Gasteiger partial charge in [0, 0.05) is 23.7 Å². The number of nitrogens with one attached hydrogen (secondary N) is 2. The number of ether oxygens (including phenoxy) is 2. The molecule has 2 amide bonds. The van der Waals surface area contributed by atoms with Crippen molar-refractivity contribution in [1.82, 2.24) is 0 Å². The monoisotopic (exact) mass is 458 g/mol. The van der Waals surface area contributed by atoms with E-state index in [9.17, 15) is 14.4 Å². The van der Waals surface area contributed by atoms with Gasteiger partial charge in [-0.25, -0.2) is 4.79 Å². The lowest BCUT2D eigenvalue weighted by molar-refractivity contribution is -0.118. The first kappa shape index (κ1) is 22.6. The number of hydrogen-bond donors (Lipinski definition) is 2. The van der Waals surface area contributed by atoms with Crippen molar-refractivity contribution in [1.29, 1.82) is 0 Å². The van der Waals surface area contributed by atoms with Crippen LogP contribution in [0.2, 0.25) is 0 Å². The molecule has 0 bridgehead atoms. The summed E-state index contributed by atoms with van der Waals surface area (Å²) in [5.41, 5.74) is 2.32. The highest BCUT2D eigenvalue weighted by Gasteiger charge is 2.10. The molecule has 4 rings (SSSR count). The van der Waals surface area contributed by atoms with Gasteiger partial charge < -0.3 is 24.5 Å². The highest BCUT2D eigenvalue weighted by Crippen LogP contribution is 2.26. The average molecular weight is 458 g/mol. The quantitative estimate of drug-likeness (QED) is 0.397. The Kier molecular flexibility index (Phi) is 6.59. The second kappa shape index (κ2) is 9.91. The van der Waals surface area contributed by atoms with Crippen molar-refractivity contribution in [2.24, 2.45) is 0 Å². The van der Waals surface area contributed by atoms with Gasteiger partial charge in [-0.3, -0.25) is 9.59 Å². The molecule has 172 valence electrons. The van der Waals surface area contributed by atoms with E-state index in [0.29, 0.717) is 39.6 Å². The maximum atomic E-state index is 12.4. The van der Waals surface area contributed by atoms with E-state index in [-0.39, 0.29) is 18.4 Å². The van der Waals surface area contributed by atoms with Crippen LogP contribution in [0.1, 0.15) is 6.92 Å². The Bertz CT molecular complexity index is 1390. The van der Waals surface area contributed by atoms with E-state index in [1.807, 2.05) is 0 Å². The zero-order chi connectivity index (χ0) is 24.1. The third kappa shape index (κ3) is 5.42. The third-order valence-electron chi connectivity index (χ3n) is 4.96. The SMILES string of the molecule is COc1ccc2oc(=O)c(-c3ccc(OCC(=O)Nc4ccc(NC(C)=O)cc4)cc3)cc2c1. The van der Waals surface area contributed by atoms with Gasteiger partial charge in [-0.05, 0) is 66.2 Å². The lowest BCUT2D eigenvalue weighted by Gasteiger charge is -2.09. The van der Waals surface area contributed by atoms with Crippen molar-refractivity contribution in [3.05, 3.63) is 83.2 Å². The number of amides is 2. The molecule has 0 aliphatic heterocycles. The second-order valence-electron chi connectivity index (χ2n) is 7.47. The van der Waals surface area contributed by atoms with Gasteiger partial charge in [-0.15, -0.1) is 0 Å². The number of carbonyl (C=O) groups is 2. The molecule has 4 aromatic rings. The van der Waals surface area contributed by atoms with E-state index in [2.05, 4.69) is 10.6 Å². The van der Waals surface area contributed by atoms with Crippen LogP contribution >= 0.6 is 0 Å². The van der Waals surface area contributed by atoms with Gasteiger partial charge in [0.2, 0.25) is 5.91 Å². The Hall–Kier alpha value is -4.59. The van der Waals surface area contributed by atoms with Crippen LogP contribution in [0.25, 0.3) is 22.1 Å². The van der Waals surface area contributed by atoms with E-state index in [1.165, 1.54) is 6.92 Å². The molecule has 0 saturated heterocycles. The topological polar surface area (TPSA) is 107 Å². The summed E-state index contributed by atoms with van der Waals surface area (Å²) >= 11 is 0. The van der Waals surface area contributed by atoms with Crippen LogP contribution in [-0.4, -0.2) is 25.5 Å². The fourth-order valence-electron chi connectivity index (χ4n) is 3.35. The third-order valence-corrected chi connectivity index (χ3v) is 4.96. The molecule has 0 spiro atoms. The fourth-order valence-corrected chi connectivity index (χ4v) is 3.35. The molecule has 0 radical (unpaired) electrons. The maximum Gasteiger partial charge on any atom is 0.344 e. The first-order valence-corrected chi connectivity index (χ1v) is 10.4. The molecule has 0 saturated carbocycles. The van der Waals surface area contributed by atoms with Crippen LogP contribution in [0.5, 0.6) is 11.5 Å². The minimum Gasteiger partial charge on any atom is -0.497 e. The molecule has 8 heteroatoms. The standard InChI is InChI=1S/C26H22N2O6/c1-16(29)27-19-5-7-20(8-6-19)28-25(30)15-33-21-9-3-17(4-10-21)23-14-18-13-22(32-2)11-12-24(18)34-26(23)31/h3-14H,15H2,1-2H3,(H,27,29)(H,28,30). The predicted molar refractivity (Wildman–Crippen MR) is 129 cm³/mol. The fraction of sp³-hybridized carbons (Fsp3) is 0.115. The smallest absolute Gasteiger partial charge is 0.344 e. The summed E-state index contributed by atoms with van der Waals surface area (Å²) in [6, 6.07) is 20.5. The minimum absolute atomic E-state index is 0.169. The molecule has 1 aromatic heterocycles. The number of methoxy groups -OCH3 is 1. The Balaban J connectivity index is 1.39. The molecule has 8 nitrogen and oxygen atoms in total. The number of anilines is 2. The Morgan fingerprint density at radius 2 is 1.50 bits per heavy atom. The molecule has 0 fully saturated rings. The van der Waals surface area contributed by atoms with Gasteiger partial charge in [-0.2, -0.15) is 0 Å². The van der Waals surface area contributed by atoms with Crippen LogP contribution in [-0.2, 0) is 9.59 Å². The molecule has 1 heterocycles. The minimum atomic E-state index is -0.449. The van der Waals surface area contributed by atoms with E-state index in [4.69, 9.17) is 13.9 Å². The number of rotatable bonds is 7. The van der Waals surface area contributed by atoms with E-state index in [0.717, 1.165) is 5.39 Å². The summed E-state index contributed by atoms with van der Waals surface area (Å²) in [6.07, 6.45) is 0. The summed E-state index contributed by atoms with van der Waals surface area (Å²) < 4.78 is 16.2. The molecule has 0 unspecified atom stereocenters. The first-order valence-electron chi connectivity index (χ1n) is 10.4. The van der Waals surface area contributed by atoms with Crippen molar-refractivity contribution in [3.63, 3.8) is 0 Å². The van der Waals surface area contributed by atoms with Gasteiger partial charge in [0.15, 0.2) is 6.61 Å². The average Bonchev–Trinajstić information content (AvgIpc) is 2.83. The summed E-state index contributed by atoms with van der Waals surface area (Å²) in [5, 5.41) is 6.13. The lowest BCUT2D eigenvalue weighted by atomic mass is 10.1. The van der Waals surface area contributed by atoms with Gasteiger partial charge in [-0.1, -0.05) is 12.1 Å². The van der Waals surface area contributed by atoms with Gasteiger partial charge in [0.05, 0.1) is 12.7 Å². The van der Waals surface area contributed by atoms with Crippen LogP contribution in [0, 0.1) is 0 Å². The Labute approximate surface area is 195 Å². The normalized spacial score (nSPS) is 10.5. The lowest BCUT2D eigenvalue weighted by Crippen LogP contribution is -2.20. The molecular formula is C26H22N2O6. The largest absolute Gasteiger partial charge is 0.497 e. The molecular weight excluding hydrogens is 436 g/mol. The second-order valence-corrected chi connectivity index (χ2v) is 7.47. The van der Waals surface area contributed by atoms with Crippen molar-refractivity contribution in [2.75, 3.05) is 24.4 Å². The maximum absolute atomic E-state index is 12.4. The zero-order valence-electron chi connectivity index (χ0n) is 18.6. The molecule has 0 atom stereocenters. The van der Waals surface area contributed by atoms with Crippen LogP contribution in [0.4, 0.5) is 11.4 Å². The van der Waals surface area contributed by atoms with E-state index >= 15 is 0 Å². The summed E-state index contributed by atoms with van der Waals surface area (Å²) in [6.45, 7) is 1.23. The van der Waals surface area contributed by atoms with Crippen LogP contribution in [0.3, 0.4) is 0 Å². The van der Waals surface area contributed by atoms with E-state index in [1.54, 1.807) is 79.9 Å². The number of fused-ring (bicyclic) bond motifs is 1.